The third-order valence-corrected chi connectivity index (χ3v) is 4.42. The summed E-state index contributed by atoms with van der Waals surface area (Å²) in [6.45, 7) is 2.10. The van der Waals surface area contributed by atoms with Crippen molar-refractivity contribution in [3.63, 3.8) is 0 Å². The average molecular weight is 349 g/mol. The van der Waals surface area contributed by atoms with E-state index < -0.39 is 0 Å². The summed E-state index contributed by atoms with van der Waals surface area (Å²) in [5.41, 5.74) is 10.8. The number of nitrogen functional groups attached to an aromatic ring is 1. The highest BCUT2D eigenvalue weighted by Crippen LogP contribution is 2.28. The Labute approximate surface area is 119 Å². The molecular formula is C14H12IN3. The van der Waals surface area contributed by atoms with E-state index in [1.165, 1.54) is 9.13 Å². The molecule has 0 aliphatic heterocycles. The number of nitrogens with two attached hydrogens (primary N) is 1. The maximum Gasteiger partial charge on any atom is 0.139 e. The Morgan fingerprint density at radius 3 is 2.72 bits per heavy atom. The van der Waals surface area contributed by atoms with Gasteiger partial charge < -0.3 is 10.7 Å². The van der Waals surface area contributed by atoms with Crippen LogP contribution < -0.4 is 5.73 Å². The van der Waals surface area contributed by atoms with Crippen molar-refractivity contribution in [1.29, 1.82) is 0 Å². The van der Waals surface area contributed by atoms with Crippen molar-refractivity contribution in [2.45, 2.75) is 6.92 Å². The number of halogens is 1. The molecule has 3 nitrogen and oxygen atoms in total. The van der Waals surface area contributed by atoms with Gasteiger partial charge in [0.25, 0.3) is 0 Å². The van der Waals surface area contributed by atoms with Crippen molar-refractivity contribution in [3.8, 4) is 11.4 Å². The first kappa shape index (κ1) is 11.5. The van der Waals surface area contributed by atoms with Crippen LogP contribution in [0.25, 0.3) is 22.4 Å². The van der Waals surface area contributed by atoms with Gasteiger partial charge in [0.2, 0.25) is 0 Å². The number of anilines is 1. The van der Waals surface area contributed by atoms with Gasteiger partial charge >= 0.3 is 0 Å². The predicted octanol–water partition coefficient (Wildman–Crippen LogP) is 3.73. The van der Waals surface area contributed by atoms with Gasteiger partial charge in [0.05, 0.1) is 11.2 Å². The second-order valence-corrected chi connectivity index (χ2v) is 5.34. The highest BCUT2D eigenvalue weighted by molar-refractivity contribution is 14.1. The van der Waals surface area contributed by atoms with Crippen molar-refractivity contribution >= 4 is 39.3 Å². The third-order valence-electron chi connectivity index (χ3n) is 2.99. The fraction of sp³-hybridized carbons (Fsp3) is 0.0714. The fourth-order valence-electron chi connectivity index (χ4n) is 2.01. The number of para-hydroxylation sites is 1. The summed E-state index contributed by atoms with van der Waals surface area (Å²) in [5, 5.41) is 0. The summed E-state index contributed by atoms with van der Waals surface area (Å²) in [6, 6.07) is 12.0. The molecule has 4 heteroatoms. The zero-order chi connectivity index (χ0) is 12.7. The number of H-pyrrole nitrogens is 1. The molecule has 0 amide bonds. The first-order valence-corrected chi connectivity index (χ1v) is 6.74. The van der Waals surface area contributed by atoms with Gasteiger partial charge in [0.15, 0.2) is 0 Å². The Morgan fingerprint density at radius 2 is 1.94 bits per heavy atom. The van der Waals surface area contributed by atoms with Crippen LogP contribution in [0.3, 0.4) is 0 Å². The minimum absolute atomic E-state index is 0.706. The average Bonchev–Trinajstić information content (AvgIpc) is 2.78. The van der Waals surface area contributed by atoms with E-state index >= 15 is 0 Å². The largest absolute Gasteiger partial charge is 0.397 e. The molecule has 0 saturated carbocycles. The summed E-state index contributed by atoms with van der Waals surface area (Å²) in [7, 11) is 0. The summed E-state index contributed by atoms with van der Waals surface area (Å²) < 4.78 is 1.22. The lowest BCUT2D eigenvalue weighted by atomic mass is 10.1. The lowest BCUT2D eigenvalue weighted by molar-refractivity contribution is 1.31. The molecule has 0 radical (unpaired) electrons. The summed E-state index contributed by atoms with van der Waals surface area (Å²) in [6.07, 6.45) is 0. The standard InChI is InChI=1S/C14H12IN3/c1-8-4-2-5-9(12(8)15)14-17-11-7-3-6-10(16)13(11)18-14/h2-7H,16H2,1H3,(H,17,18). The van der Waals surface area contributed by atoms with Crippen LogP contribution in [0.5, 0.6) is 0 Å². The molecule has 3 N–H and O–H groups in total. The molecule has 18 heavy (non-hydrogen) atoms. The van der Waals surface area contributed by atoms with E-state index in [-0.39, 0.29) is 0 Å². The van der Waals surface area contributed by atoms with E-state index in [0.29, 0.717) is 5.69 Å². The minimum atomic E-state index is 0.706. The van der Waals surface area contributed by atoms with Crippen molar-refractivity contribution in [2.75, 3.05) is 5.73 Å². The first-order chi connectivity index (χ1) is 8.66. The van der Waals surface area contributed by atoms with E-state index in [4.69, 9.17) is 5.73 Å². The van der Waals surface area contributed by atoms with Crippen molar-refractivity contribution in [3.05, 3.63) is 45.5 Å². The number of aromatic amines is 1. The lowest BCUT2D eigenvalue weighted by Gasteiger charge is -2.03. The second kappa shape index (κ2) is 4.28. The number of hydrogen-bond donors (Lipinski definition) is 2. The smallest absolute Gasteiger partial charge is 0.139 e. The third kappa shape index (κ3) is 1.77. The first-order valence-electron chi connectivity index (χ1n) is 5.66. The van der Waals surface area contributed by atoms with Crippen molar-refractivity contribution in [2.24, 2.45) is 0 Å². The number of fused-ring (bicyclic) bond motifs is 1. The van der Waals surface area contributed by atoms with Gasteiger partial charge in [-0.25, -0.2) is 4.98 Å². The van der Waals surface area contributed by atoms with Crippen LogP contribution in [-0.2, 0) is 0 Å². The molecule has 2 aromatic carbocycles. The maximum absolute atomic E-state index is 5.93. The Morgan fingerprint density at radius 1 is 1.17 bits per heavy atom. The van der Waals surface area contributed by atoms with Gasteiger partial charge in [-0.3, -0.25) is 0 Å². The maximum atomic E-state index is 5.93. The SMILES string of the molecule is Cc1cccc(-c2nc3c(N)cccc3[nH]2)c1I. The van der Waals surface area contributed by atoms with E-state index in [0.717, 1.165) is 22.4 Å². The molecule has 1 heterocycles. The van der Waals surface area contributed by atoms with Crippen molar-refractivity contribution in [1.82, 2.24) is 9.97 Å². The number of benzene rings is 2. The number of rotatable bonds is 1. The lowest BCUT2D eigenvalue weighted by Crippen LogP contribution is -1.88. The van der Waals surface area contributed by atoms with E-state index in [1.54, 1.807) is 0 Å². The zero-order valence-electron chi connectivity index (χ0n) is 9.87. The Kier molecular flexibility index (Phi) is 2.74. The molecule has 0 aliphatic rings. The molecule has 90 valence electrons. The zero-order valence-corrected chi connectivity index (χ0v) is 12.0. The number of imidazole rings is 1. The van der Waals surface area contributed by atoms with Gasteiger partial charge in [-0.2, -0.15) is 0 Å². The van der Waals surface area contributed by atoms with Crippen LogP contribution in [0.1, 0.15) is 5.56 Å². The number of nitrogens with one attached hydrogen (secondary N) is 1. The second-order valence-electron chi connectivity index (χ2n) is 4.27. The van der Waals surface area contributed by atoms with Gasteiger partial charge in [0.1, 0.15) is 11.3 Å². The molecule has 0 unspecified atom stereocenters. The van der Waals surface area contributed by atoms with Gasteiger partial charge in [0, 0.05) is 9.13 Å². The van der Waals surface area contributed by atoms with Gasteiger partial charge in [-0.15, -0.1) is 0 Å². The highest BCUT2D eigenvalue weighted by atomic mass is 127. The number of nitrogens with zero attached hydrogens (tertiary/aromatic N) is 1. The Bertz CT molecular complexity index is 731. The molecular weight excluding hydrogens is 337 g/mol. The topological polar surface area (TPSA) is 54.7 Å². The molecule has 0 spiro atoms. The molecule has 1 aromatic heterocycles. The number of aromatic nitrogens is 2. The minimum Gasteiger partial charge on any atom is -0.397 e. The Hall–Kier alpha value is -1.56. The summed E-state index contributed by atoms with van der Waals surface area (Å²) in [4.78, 5) is 7.92. The quantitative estimate of drug-likeness (QED) is 0.520. The molecule has 0 atom stereocenters. The van der Waals surface area contributed by atoms with Crippen LogP contribution >= 0.6 is 22.6 Å². The van der Waals surface area contributed by atoms with Crippen molar-refractivity contribution < 1.29 is 0 Å². The normalized spacial score (nSPS) is 11.0. The van der Waals surface area contributed by atoms with Crippen LogP contribution in [-0.4, -0.2) is 9.97 Å². The van der Waals surface area contributed by atoms with E-state index in [2.05, 4.69) is 51.6 Å². The van der Waals surface area contributed by atoms with Crippen LogP contribution in [0.15, 0.2) is 36.4 Å². The molecule has 0 saturated heterocycles. The summed E-state index contributed by atoms with van der Waals surface area (Å²) in [5.74, 6) is 0.871. The monoisotopic (exact) mass is 349 g/mol. The fourth-order valence-corrected chi connectivity index (χ4v) is 2.63. The van der Waals surface area contributed by atoms with Crippen LogP contribution in [0, 0.1) is 10.5 Å². The number of aryl methyl sites for hydroxylation is 1. The van der Waals surface area contributed by atoms with E-state index in [9.17, 15) is 0 Å². The highest BCUT2D eigenvalue weighted by Gasteiger charge is 2.10. The molecule has 0 fully saturated rings. The molecule has 0 bridgehead atoms. The molecule has 3 rings (SSSR count). The molecule has 0 aliphatic carbocycles. The summed E-state index contributed by atoms with van der Waals surface area (Å²) >= 11 is 2.35. The van der Waals surface area contributed by atoms with Gasteiger partial charge in [-0.05, 0) is 47.2 Å². The van der Waals surface area contributed by atoms with Crippen LogP contribution in [0.2, 0.25) is 0 Å². The number of hydrogen-bond acceptors (Lipinski definition) is 2. The molecule has 3 aromatic rings. The predicted molar refractivity (Wildman–Crippen MR) is 83.4 cm³/mol. The Balaban J connectivity index is 2.26. The van der Waals surface area contributed by atoms with Crippen LogP contribution in [0.4, 0.5) is 5.69 Å². The van der Waals surface area contributed by atoms with Gasteiger partial charge in [-0.1, -0.05) is 24.3 Å². The van der Waals surface area contributed by atoms with E-state index in [1.807, 2.05) is 24.3 Å².